The van der Waals surface area contributed by atoms with Crippen LogP contribution in [-0.4, -0.2) is 36.3 Å². The van der Waals surface area contributed by atoms with Crippen molar-refractivity contribution in [1.82, 2.24) is 10.2 Å². The molecule has 1 atom stereocenters. The number of carbonyl (C=O) groups is 2. The molecule has 0 spiro atoms. The lowest BCUT2D eigenvalue weighted by Crippen LogP contribution is -2.44. The van der Waals surface area contributed by atoms with E-state index >= 15 is 0 Å². The van der Waals surface area contributed by atoms with Gasteiger partial charge in [0.25, 0.3) is 0 Å². The van der Waals surface area contributed by atoms with Crippen molar-refractivity contribution in [1.29, 1.82) is 0 Å². The largest absolute Gasteiger partial charge is 0.356 e. The zero-order chi connectivity index (χ0) is 16.2. The summed E-state index contributed by atoms with van der Waals surface area (Å²) in [5, 5.41) is 2.89. The highest BCUT2D eigenvalue weighted by Gasteiger charge is 2.30. The molecule has 3 rings (SSSR count). The van der Waals surface area contributed by atoms with Crippen molar-refractivity contribution < 1.29 is 9.59 Å². The van der Waals surface area contributed by atoms with Crippen LogP contribution in [0.5, 0.6) is 0 Å². The minimum Gasteiger partial charge on any atom is -0.356 e. The average Bonchev–Trinajstić information content (AvgIpc) is 2.59. The van der Waals surface area contributed by atoms with Gasteiger partial charge in [0, 0.05) is 32.5 Å². The van der Waals surface area contributed by atoms with Crippen molar-refractivity contribution in [3.05, 3.63) is 35.4 Å². The maximum Gasteiger partial charge on any atom is 0.226 e. The summed E-state index contributed by atoms with van der Waals surface area (Å²) in [5.41, 5.74) is 2.75. The molecule has 2 amide bonds. The Morgan fingerprint density at radius 1 is 1.13 bits per heavy atom. The van der Waals surface area contributed by atoms with E-state index in [2.05, 4.69) is 29.6 Å². The van der Waals surface area contributed by atoms with Gasteiger partial charge in [0.05, 0.1) is 0 Å². The molecule has 1 aliphatic carbocycles. The number of fused-ring (bicyclic) bond motifs is 1. The van der Waals surface area contributed by atoms with Crippen molar-refractivity contribution in [2.24, 2.45) is 11.8 Å². The minimum absolute atomic E-state index is 0.0318. The van der Waals surface area contributed by atoms with Crippen LogP contribution in [0, 0.1) is 11.8 Å². The number of nitrogens with zero attached hydrogens (tertiary/aromatic N) is 1. The number of amides is 2. The quantitative estimate of drug-likeness (QED) is 0.929. The minimum atomic E-state index is 0.0318. The van der Waals surface area contributed by atoms with Crippen LogP contribution < -0.4 is 5.32 Å². The molecule has 23 heavy (non-hydrogen) atoms. The van der Waals surface area contributed by atoms with Gasteiger partial charge in [-0.05, 0) is 49.1 Å². The first-order chi connectivity index (χ1) is 11.1. The van der Waals surface area contributed by atoms with Crippen molar-refractivity contribution in [2.45, 2.75) is 39.0 Å². The normalized spacial score (nSPS) is 21.6. The topological polar surface area (TPSA) is 49.4 Å². The lowest BCUT2D eigenvalue weighted by Gasteiger charge is -2.35. The third-order valence-electron chi connectivity index (χ3n) is 5.26. The van der Waals surface area contributed by atoms with Crippen LogP contribution in [0.2, 0.25) is 0 Å². The smallest absolute Gasteiger partial charge is 0.226 e. The van der Waals surface area contributed by atoms with E-state index in [4.69, 9.17) is 0 Å². The Morgan fingerprint density at radius 2 is 1.83 bits per heavy atom. The van der Waals surface area contributed by atoms with Gasteiger partial charge >= 0.3 is 0 Å². The molecule has 1 fully saturated rings. The monoisotopic (exact) mass is 314 g/mol. The molecule has 1 N–H and O–H groups in total. The van der Waals surface area contributed by atoms with Gasteiger partial charge in [0.15, 0.2) is 0 Å². The molecule has 1 aromatic carbocycles. The Labute approximate surface area is 138 Å². The van der Waals surface area contributed by atoms with Crippen LogP contribution in [-0.2, 0) is 22.4 Å². The van der Waals surface area contributed by atoms with Crippen LogP contribution in [0.25, 0.3) is 0 Å². The van der Waals surface area contributed by atoms with E-state index < -0.39 is 0 Å². The highest BCUT2D eigenvalue weighted by molar-refractivity contribution is 5.79. The van der Waals surface area contributed by atoms with Gasteiger partial charge in [-0.25, -0.2) is 0 Å². The zero-order valence-corrected chi connectivity index (χ0v) is 13.9. The number of hydrogen-bond acceptors (Lipinski definition) is 2. The Balaban J connectivity index is 1.51. The summed E-state index contributed by atoms with van der Waals surface area (Å²) in [4.78, 5) is 25.8. The first-order valence-corrected chi connectivity index (χ1v) is 8.73. The molecule has 1 unspecified atom stereocenters. The Morgan fingerprint density at radius 3 is 2.52 bits per heavy atom. The Hall–Kier alpha value is -1.84. The van der Waals surface area contributed by atoms with E-state index in [0.717, 1.165) is 51.7 Å². The summed E-state index contributed by atoms with van der Waals surface area (Å²) in [5.74, 6) is 1.02. The highest BCUT2D eigenvalue weighted by Crippen LogP contribution is 2.28. The second-order valence-electron chi connectivity index (χ2n) is 6.91. The maximum absolute atomic E-state index is 12.8. The highest BCUT2D eigenvalue weighted by atomic mass is 16.2. The molecule has 0 radical (unpaired) electrons. The molecule has 2 aliphatic rings. The van der Waals surface area contributed by atoms with Crippen LogP contribution in [0.3, 0.4) is 0 Å². The van der Waals surface area contributed by atoms with Crippen LogP contribution in [0.4, 0.5) is 0 Å². The van der Waals surface area contributed by atoms with Crippen molar-refractivity contribution >= 4 is 11.8 Å². The third kappa shape index (κ3) is 3.92. The fourth-order valence-electron chi connectivity index (χ4n) is 3.81. The van der Waals surface area contributed by atoms with Gasteiger partial charge in [0.1, 0.15) is 0 Å². The molecule has 0 saturated carbocycles. The summed E-state index contributed by atoms with van der Waals surface area (Å²) >= 11 is 0. The average molecular weight is 314 g/mol. The number of rotatable bonds is 3. The number of aryl methyl sites for hydroxylation is 1. The lowest BCUT2D eigenvalue weighted by molar-refractivity contribution is -0.137. The number of carbonyl (C=O) groups excluding carboxylic acids is 2. The molecular formula is C19H26N2O2. The van der Waals surface area contributed by atoms with E-state index in [1.165, 1.54) is 11.1 Å². The molecule has 1 saturated heterocycles. The second-order valence-corrected chi connectivity index (χ2v) is 6.91. The molecule has 0 aromatic heterocycles. The van der Waals surface area contributed by atoms with E-state index in [9.17, 15) is 9.59 Å². The molecular weight excluding hydrogens is 288 g/mol. The van der Waals surface area contributed by atoms with E-state index in [1.807, 2.05) is 4.90 Å². The van der Waals surface area contributed by atoms with Crippen molar-refractivity contribution in [2.75, 3.05) is 19.6 Å². The van der Waals surface area contributed by atoms with Crippen molar-refractivity contribution in [3.63, 3.8) is 0 Å². The van der Waals surface area contributed by atoms with Gasteiger partial charge in [-0.15, -0.1) is 0 Å². The summed E-state index contributed by atoms with van der Waals surface area (Å²) < 4.78 is 0. The van der Waals surface area contributed by atoms with E-state index in [0.29, 0.717) is 11.8 Å². The van der Waals surface area contributed by atoms with E-state index in [-0.39, 0.29) is 11.8 Å². The van der Waals surface area contributed by atoms with Crippen LogP contribution in [0.15, 0.2) is 24.3 Å². The molecule has 0 bridgehead atoms. The van der Waals surface area contributed by atoms with Crippen LogP contribution >= 0.6 is 0 Å². The van der Waals surface area contributed by atoms with Gasteiger partial charge < -0.3 is 10.2 Å². The molecule has 4 nitrogen and oxygen atoms in total. The number of nitrogens with one attached hydrogen (secondary N) is 1. The summed E-state index contributed by atoms with van der Waals surface area (Å²) in [6.07, 6.45) is 4.87. The molecule has 4 heteroatoms. The maximum atomic E-state index is 12.8. The summed E-state index contributed by atoms with van der Waals surface area (Å²) in [6, 6.07) is 8.50. The third-order valence-corrected chi connectivity index (χ3v) is 5.26. The number of piperidine rings is 1. The predicted octanol–water partition coefficient (Wildman–Crippen LogP) is 2.17. The fraction of sp³-hybridized carbons (Fsp3) is 0.579. The first kappa shape index (κ1) is 16.0. The summed E-state index contributed by atoms with van der Waals surface area (Å²) in [7, 11) is 0. The van der Waals surface area contributed by atoms with E-state index in [1.54, 1.807) is 6.92 Å². The van der Waals surface area contributed by atoms with Gasteiger partial charge in [-0.2, -0.15) is 0 Å². The molecule has 1 aromatic rings. The summed E-state index contributed by atoms with van der Waals surface area (Å²) in [6.45, 7) is 3.97. The predicted molar refractivity (Wildman–Crippen MR) is 89.9 cm³/mol. The zero-order valence-electron chi connectivity index (χ0n) is 13.9. The fourth-order valence-corrected chi connectivity index (χ4v) is 3.81. The number of hydrogen-bond donors (Lipinski definition) is 1. The molecule has 1 heterocycles. The number of likely N-dealkylation sites (tertiary alicyclic amines) is 1. The Kier molecular flexibility index (Phi) is 4.99. The van der Waals surface area contributed by atoms with Gasteiger partial charge in [-0.3, -0.25) is 9.59 Å². The SMILES string of the molecule is CC(=O)NCC1CCN(C(=O)C2CCc3ccccc3C2)CC1. The lowest BCUT2D eigenvalue weighted by atomic mass is 9.82. The first-order valence-electron chi connectivity index (χ1n) is 8.73. The van der Waals surface area contributed by atoms with Crippen molar-refractivity contribution in [3.8, 4) is 0 Å². The Bertz CT molecular complexity index is 576. The number of benzene rings is 1. The second kappa shape index (κ2) is 7.16. The molecule has 1 aliphatic heterocycles. The molecule has 124 valence electrons. The van der Waals surface area contributed by atoms with Crippen LogP contribution in [0.1, 0.15) is 37.3 Å². The van der Waals surface area contributed by atoms with Gasteiger partial charge in [0.2, 0.25) is 11.8 Å². The standard InChI is InChI=1S/C19H26N2O2/c1-14(22)20-13-15-8-10-21(11-9-15)19(23)18-7-6-16-4-2-3-5-17(16)12-18/h2-5,15,18H,6-13H2,1H3,(H,20,22). The van der Waals surface area contributed by atoms with Gasteiger partial charge in [-0.1, -0.05) is 24.3 Å².